The monoisotopic (exact) mass is 606 g/mol. The number of carbonyl (C=O) groups is 2. The van der Waals surface area contributed by atoms with E-state index in [1.165, 1.54) is 7.11 Å². The normalized spacial score (nSPS) is 12.0. The van der Waals surface area contributed by atoms with Crippen LogP contribution in [-0.2, 0) is 21.6 Å². The predicted molar refractivity (Wildman–Crippen MR) is 177 cm³/mol. The van der Waals surface area contributed by atoms with Crippen molar-refractivity contribution in [2.75, 3.05) is 23.1 Å². The van der Waals surface area contributed by atoms with Gasteiger partial charge in [0.15, 0.2) is 0 Å². The number of benzene rings is 3. The molecule has 10 nitrogen and oxygen atoms in total. The van der Waals surface area contributed by atoms with Gasteiger partial charge >= 0.3 is 6.03 Å². The summed E-state index contributed by atoms with van der Waals surface area (Å²) in [4.78, 5) is 29.7. The summed E-state index contributed by atoms with van der Waals surface area (Å²) in [6.07, 6.45) is 1.02. The van der Waals surface area contributed by atoms with Crippen LogP contribution in [0.15, 0.2) is 85.1 Å². The molecule has 0 unspecified atom stereocenters. The summed E-state index contributed by atoms with van der Waals surface area (Å²) < 4.78 is 13.0. The Balaban J connectivity index is 1.33. The minimum atomic E-state index is -0.594. The van der Waals surface area contributed by atoms with Crippen molar-refractivity contribution in [3.8, 4) is 11.4 Å². The molecular formula is C35H38N6O4. The molecule has 5 aromatic rings. The Bertz CT molecular complexity index is 1820. The van der Waals surface area contributed by atoms with Crippen LogP contribution in [-0.4, -0.2) is 39.9 Å². The quantitative estimate of drug-likeness (QED) is 0.163. The highest BCUT2D eigenvalue weighted by Gasteiger charge is 2.22. The number of rotatable bonds is 9. The van der Waals surface area contributed by atoms with Crippen molar-refractivity contribution in [1.82, 2.24) is 14.8 Å². The van der Waals surface area contributed by atoms with Crippen molar-refractivity contribution in [3.63, 3.8) is 0 Å². The largest absolute Gasteiger partial charge is 0.488 e. The first-order valence-corrected chi connectivity index (χ1v) is 14.7. The molecule has 1 atom stereocenters. The van der Waals surface area contributed by atoms with E-state index in [9.17, 15) is 9.59 Å². The van der Waals surface area contributed by atoms with Gasteiger partial charge in [0, 0.05) is 35.6 Å². The molecule has 3 amide bonds. The number of aryl methyl sites for hydroxylation is 1. The number of methoxy groups -OCH3 is 1. The van der Waals surface area contributed by atoms with E-state index >= 15 is 0 Å². The molecule has 232 valence electrons. The molecule has 45 heavy (non-hydrogen) atoms. The molecule has 0 saturated carbocycles. The summed E-state index contributed by atoms with van der Waals surface area (Å²) in [6, 6.07) is 24.5. The first-order valence-electron chi connectivity index (χ1n) is 14.7. The fraction of sp³-hybridized carbons (Fsp3) is 0.257. The minimum Gasteiger partial charge on any atom is -0.488 e. The molecule has 0 spiro atoms. The standard InChI is InChI=1S/C35H38N6O4/c1-22-11-13-25(14-12-22)41-32(20-30(40-41)35(3,4)5)39-34(43)37-28-15-16-29(27-10-8-7-9-26(27)28)45-21-24-17-18-36-31(19-24)38-33(42)23(2)44-6/h7-20,23H,21H2,1-6H3,(H,36,38,42)(H2,37,39,43)/t23-/m0/s1. The van der Waals surface area contributed by atoms with Gasteiger partial charge in [-0.3, -0.25) is 10.1 Å². The highest BCUT2D eigenvalue weighted by atomic mass is 16.5. The van der Waals surface area contributed by atoms with Crippen LogP contribution in [0.1, 0.15) is 44.5 Å². The number of nitrogens with zero attached hydrogens (tertiary/aromatic N) is 3. The van der Waals surface area contributed by atoms with Crippen molar-refractivity contribution >= 4 is 40.0 Å². The molecule has 0 radical (unpaired) electrons. The molecule has 2 heterocycles. The first kappa shape index (κ1) is 31.2. The van der Waals surface area contributed by atoms with E-state index in [-0.39, 0.29) is 17.9 Å². The van der Waals surface area contributed by atoms with Crippen LogP contribution in [0.2, 0.25) is 0 Å². The number of nitrogens with one attached hydrogen (secondary N) is 3. The number of hydrogen-bond acceptors (Lipinski definition) is 6. The zero-order valence-electron chi connectivity index (χ0n) is 26.3. The van der Waals surface area contributed by atoms with Crippen LogP contribution < -0.4 is 20.7 Å². The van der Waals surface area contributed by atoms with Gasteiger partial charge in [-0.15, -0.1) is 0 Å². The third kappa shape index (κ3) is 7.47. The van der Waals surface area contributed by atoms with Crippen LogP contribution in [0.4, 0.5) is 22.1 Å². The van der Waals surface area contributed by atoms with Crippen LogP contribution >= 0.6 is 0 Å². The molecule has 3 aromatic carbocycles. The SMILES string of the molecule is CO[C@@H](C)C(=O)Nc1cc(COc2ccc(NC(=O)Nc3cc(C(C)(C)C)nn3-c3ccc(C)cc3)c3ccccc23)ccn1. The Hall–Kier alpha value is -5.22. The van der Waals surface area contributed by atoms with Gasteiger partial charge in [0.2, 0.25) is 0 Å². The zero-order chi connectivity index (χ0) is 32.1. The van der Waals surface area contributed by atoms with Gasteiger partial charge in [0.25, 0.3) is 5.91 Å². The minimum absolute atomic E-state index is 0.205. The Morgan fingerprint density at radius 1 is 0.911 bits per heavy atom. The number of aromatic nitrogens is 3. The summed E-state index contributed by atoms with van der Waals surface area (Å²) in [7, 11) is 1.48. The van der Waals surface area contributed by atoms with E-state index in [2.05, 4.69) is 41.7 Å². The fourth-order valence-corrected chi connectivity index (χ4v) is 4.62. The van der Waals surface area contributed by atoms with Crippen LogP contribution in [0, 0.1) is 6.92 Å². The number of urea groups is 1. The second-order valence-corrected chi connectivity index (χ2v) is 11.9. The molecule has 0 aliphatic heterocycles. The third-order valence-corrected chi connectivity index (χ3v) is 7.32. The van der Waals surface area contributed by atoms with Crippen LogP contribution in [0.25, 0.3) is 16.5 Å². The maximum atomic E-state index is 13.3. The van der Waals surface area contributed by atoms with Gasteiger partial charge in [0.05, 0.1) is 17.1 Å². The summed E-state index contributed by atoms with van der Waals surface area (Å²) in [5, 5.41) is 15.2. The molecule has 0 bridgehead atoms. The van der Waals surface area contributed by atoms with Gasteiger partial charge in [0.1, 0.15) is 30.1 Å². The molecule has 0 fully saturated rings. The van der Waals surface area contributed by atoms with E-state index in [0.717, 1.165) is 33.3 Å². The summed E-state index contributed by atoms with van der Waals surface area (Å²) in [6.45, 7) is 10.2. The molecule has 0 aliphatic rings. The van der Waals surface area contributed by atoms with Gasteiger partial charge in [-0.1, -0.05) is 62.7 Å². The van der Waals surface area contributed by atoms with Gasteiger partial charge < -0.3 is 20.1 Å². The molecule has 2 aromatic heterocycles. The Kier molecular flexibility index (Phi) is 9.15. The van der Waals surface area contributed by atoms with Crippen molar-refractivity contribution in [2.24, 2.45) is 0 Å². The average Bonchev–Trinajstić information content (AvgIpc) is 3.45. The second kappa shape index (κ2) is 13.2. The van der Waals surface area contributed by atoms with Crippen molar-refractivity contribution < 1.29 is 19.1 Å². The van der Waals surface area contributed by atoms with Gasteiger partial charge in [-0.2, -0.15) is 5.10 Å². The highest BCUT2D eigenvalue weighted by Crippen LogP contribution is 2.33. The summed E-state index contributed by atoms with van der Waals surface area (Å²) in [5.41, 5.74) is 4.11. The van der Waals surface area contributed by atoms with Gasteiger partial charge in [-0.25, -0.2) is 14.5 Å². The van der Waals surface area contributed by atoms with E-state index < -0.39 is 12.1 Å². The lowest BCUT2D eigenvalue weighted by Gasteiger charge is -2.15. The fourth-order valence-electron chi connectivity index (χ4n) is 4.62. The van der Waals surface area contributed by atoms with E-state index in [1.54, 1.807) is 23.9 Å². The van der Waals surface area contributed by atoms with E-state index in [4.69, 9.17) is 14.6 Å². The molecule has 0 saturated heterocycles. The lowest BCUT2D eigenvalue weighted by atomic mass is 9.92. The lowest BCUT2D eigenvalue weighted by molar-refractivity contribution is -0.124. The number of amides is 3. The molecule has 5 rings (SSSR count). The maximum absolute atomic E-state index is 13.3. The van der Waals surface area contributed by atoms with E-state index in [0.29, 0.717) is 23.1 Å². The molecular weight excluding hydrogens is 568 g/mol. The number of carbonyl (C=O) groups excluding carboxylic acids is 2. The topological polar surface area (TPSA) is 119 Å². The zero-order valence-corrected chi connectivity index (χ0v) is 26.3. The molecule has 10 heteroatoms. The van der Waals surface area contributed by atoms with Crippen molar-refractivity contribution in [1.29, 1.82) is 0 Å². The number of hydrogen-bond donors (Lipinski definition) is 3. The predicted octanol–water partition coefficient (Wildman–Crippen LogP) is 7.22. The average molecular weight is 607 g/mol. The second-order valence-electron chi connectivity index (χ2n) is 11.9. The number of pyridine rings is 1. The Morgan fingerprint density at radius 3 is 2.36 bits per heavy atom. The lowest BCUT2D eigenvalue weighted by Crippen LogP contribution is -2.26. The molecule has 3 N–H and O–H groups in total. The summed E-state index contributed by atoms with van der Waals surface area (Å²) in [5.74, 6) is 1.35. The first-order chi connectivity index (χ1) is 21.5. The van der Waals surface area contributed by atoms with Crippen LogP contribution in [0.5, 0.6) is 5.75 Å². The maximum Gasteiger partial charge on any atom is 0.324 e. The van der Waals surface area contributed by atoms with Crippen molar-refractivity contribution in [2.45, 2.75) is 52.7 Å². The Labute approximate surface area is 262 Å². The number of ether oxygens (including phenoxy) is 2. The van der Waals surface area contributed by atoms with Gasteiger partial charge in [-0.05, 0) is 55.8 Å². The number of anilines is 3. The Morgan fingerprint density at radius 2 is 1.64 bits per heavy atom. The summed E-state index contributed by atoms with van der Waals surface area (Å²) >= 11 is 0. The van der Waals surface area contributed by atoms with Crippen LogP contribution in [0.3, 0.4) is 0 Å². The highest BCUT2D eigenvalue weighted by molar-refractivity contribution is 6.07. The third-order valence-electron chi connectivity index (χ3n) is 7.32. The van der Waals surface area contributed by atoms with Crippen molar-refractivity contribution in [3.05, 3.63) is 102 Å². The van der Waals surface area contributed by atoms with E-state index in [1.807, 2.05) is 79.7 Å². The smallest absolute Gasteiger partial charge is 0.324 e. The molecule has 0 aliphatic carbocycles. The number of fused-ring (bicyclic) bond motifs is 1.